The molecule has 2 heterocycles. The molecule has 0 aliphatic carbocycles. The zero-order chi connectivity index (χ0) is 24.6. The summed E-state index contributed by atoms with van der Waals surface area (Å²) in [7, 11) is 3.01. The van der Waals surface area contributed by atoms with Gasteiger partial charge in [0.1, 0.15) is 12.7 Å². The minimum absolute atomic E-state index is 0.519. The van der Waals surface area contributed by atoms with Crippen molar-refractivity contribution >= 4 is 21.6 Å². The Morgan fingerprint density at radius 1 is 0.618 bits per heavy atom. The first kappa shape index (κ1) is 24.3. The number of hydrogen-bond donors (Lipinski definition) is 0. The highest BCUT2D eigenvalue weighted by atomic mass is 33.1. The summed E-state index contributed by atoms with van der Waals surface area (Å²) < 4.78 is 54.4. The molecule has 0 aliphatic heterocycles. The molecule has 0 spiro atoms. The van der Waals surface area contributed by atoms with Crippen molar-refractivity contribution < 1.29 is 17.6 Å². The van der Waals surface area contributed by atoms with Gasteiger partial charge in [0.2, 0.25) is 11.6 Å². The Morgan fingerprint density at radius 2 is 1.00 bits per heavy atom. The molecule has 0 atom stereocenters. The van der Waals surface area contributed by atoms with E-state index in [1.807, 2.05) is 52.0 Å². The largest absolute Gasteiger partial charge is 0.299 e. The van der Waals surface area contributed by atoms with Crippen molar-refractivity contribution in [2.24, 2.45) is 0 Å². The summed E-state index contributed by atoms with van der Waals surface area (Å²) in [6.45, 7) is 7.71. The highest BCUT2D eigenvalue weighted by Gasteiger charge is 2.17. The second-order valence-corrected chi connectivity index (χ2v) is 9.88. The van der Waals surface area contributed by atoms with Crippen LogP contribution in [0.1, 0.15) is 46.8 Å². The maximum absolute atomic E-state index is 12.9. The number of aromatic nitrogens is 6. The van der Waals surface area contributed by atoms with E-state index in [9.17, 15) is 17.6 Å². The third-order valence-electron chi connectivity index (χ3n) is 5.11. The maximum Gasteiger partial charge on any atom is 0.299 e. The minimum atomic E-state index is -2.74. The van der Waals surface area contributed by atoms with Gasteiger partial charge in [-0.05, 0) is 62.1 Å². The molecule has 4 rings (SSSR count). The standard InChI is InChI=1S/C22H20F4N6S2/c1-11-5-13(3)17(7-15(11)31-9-27-21(29-31)19(23)24)33-34-18-8-16(12(2)6-14(18)4)32-10-28-22(30-32)20(25)26/h5-10,19-20H,1-4H3. The van der Waals surface area contributed by atoms with Crippen molar-refractivity contribution in [1.29, 1.82) is 0 Å². The summed E-state index contributed by atoms with van der Waals surface area (Å²) in [6, 6.07) is 7.72. The van der Waals surface area contributed by atoms with E-state index < -0.39 is 24.5 Å². The lowest BCUT2D eigenvalue weighted by Crippen LogP contribution is -2.01. The van der Waals surface area contributed by atoms with Crippen LogP contribution < -0.4 is 0 Å². The van der Waals surface area contributed by atoms with Gasteiger partial charge >= 0.3 is 0 Å². The van der Waals surface area contributed by atoms with Gasteiger partial charge < -0.3 is 0 Å². The van der Waals surface area contributed by atoms with Gasteiger partial charge in [0, 0.05) is 9.79 Å². The van der Waals surface area contributed by atoms with E-state index in [1.165, 1.54) is 43.6 Å². The lowest BCUT2D eigenvalue weighted by atomic mass is 10.1. The van der Waals surface area contributed by atoms with Crippen LogP contribution in [0.5, 0.6) is 0 Å². The number of alkyl halides is 4. The highest BCUT2D eigenvalue weighted by molar-refractivity contribution is 8.76. The Labute approximate surface area is 201 Å². The molecule has 0 unspecified atom stereocenters. The first-order valence-electron chi connectivity index (χ1n) is 10.1. The molecule has 178 valence electrons. The monoisotopic (exact) mass is 508 g/mol. The van der Waals surface area contributed by atoms with E-state index in [0.717, 1.165) is 32.0 Å². The van der Waals surface area contributed by atoms with Crippen molar-refractivity contribution in [3.05, 3.63) is 70.8 Å². The zero-order valence-electron chi connectivity index (χ0n) is 18.6. The van der Waals surface area contributed by atoms with E-state index >= 15 is 0 Å². The molecule has 0 fully saturated rings. The van der Waals surface area contributed by atoms with E-state index in [0.29, 0.717) is 11.4 Å². The minimum Gasteiger partial charge on any atom is -0.220 e. The first-order valence-corrected chi connectivity index (χ1v) is 12.3. The van der Waals surface area contributed by atoms with Gasteiger partial charge in [0.15, 0.2) is 0 Å². The molecule has 0 radical (unpaired) electrons. The summed E-state index contributed by atoms with van der Waals surface area (Å²) in [5, 5.41) is 7.77. The first-order chi connectivity index (χ1) is 16.1. The molecule has 4 aromatic rings. The van der Waals surface area contributed by atoms with Crippen molar-refractivity contribution in [2.45, 2.75) is 50.3 Å². The lowest BCUT2D eigenvalue weighted by molar-refractivity contribution is 0.140. The second-order valence-electron chi connectivity index (χ2n) is 7.67. The van der Waals surface area contributed by atoms with Gasteiger partial charge in [-0.3, -0.25) is 0 Å². The van der Waals surface area contributed by atoms with Gasteiger partial charge in [-0.2, -0.15) is 0 Å². The van der Waals surface area contributed by atoms with Gasteiger partial charge in [0.25, 0.3) is 12.9 Å². The Morgan fingerprint density at radius 3 is 1.32 bits per heavy atom. The smallest absolute Gasteiger partial charge is 0.220 e. The van der Waals surface area contributed by atoms with E-state index in [2.05, 4.69) is 20.2 Å². The number of rotatable bonds is 7. The van der Waals surface area contributed by atoms with Crippen LogP contribution >= 0.6 is 21.6 Å². The molecule has 6 nitrogen and oxygen atoms in total. The molecule has 12 heteroatoms. The summed E-state index contributed by atoms with van der Waals surface area (Å²) in [4.78, 5) is 9.22. The number of benzene rings is 2. The third-order valence-corrected chi connectivity index (χ3v) is 7.76. The van der Waals surface area contributed by atoms with Gasteiger partial charge in [-0.25, -0.2) is 36.9 Å². The molecule has 2 aromatic carbocycles. The van der Waals surface area contributed by atoms with Crippen LogP contribution in [-0.4, -0.2) is 29.5 Å². The fraction of sp³-hybridized carbons (Fsp3) is 0.273. The average Bonchev–Trinajstić information content (AvgIpc) is 3.44. The molecule has 0 N–H and O–H groups in total. The Bertz CT molecular complexity index is 1230. The molecule has 0 saturated carbocycles. The molecule has 0 saturated heterocycles. The summed E-state index contributed by atoms with van der Waals surface area (Å²) in [5.74, 6) is -1.04. The summed E-state index contributed by atoms with van der Waals surface area (Å²) >= 11 is 0. The normalized spacial score (nSPS) is 11.7. The van der Waals surface area contributed by atoms with Crippen LogP contribution in [0.4, 0.5) is 17.6 Å². The summed E-state index contributed by atoms with van der Waals surface area (Å²) in [5.41, 5.74) is 5.14. The van der Waals surface area contributed by atoms with E-state index in [-0.39, 0.29) is 0 Å². The fourth-order valence-electron chi connectivity index (χ4n) is 3.39. The predicted octanol–water partition coefficient (Wildman–Crippen LogP) is 6.76. The molecular formula is C22H20F4N6S2. The van der Waals surface area contributed by atoms with Crippen molar-refractivity contribution in [3.63, 3.8) is 0 Å². The highest BCUT2D eigenvalue weighted by Crippen LogP contribution is 2.42. The molecule has 0 amide bonds. The fourth-order valence-corrected chi connectivity index (χ4v) is 5.89. The molecule has 2 aromatic heterocycles. The van der Waals surface area contributed by atoms with Crippen molar-refractivity contribution in [3.8, 4) is 11.4 Å². The van der Waals surface area contributed by atoms with Crippen molar-refractivity contribution in [2.75, 3.05) is 0 Å². The van der Waals surface area contributed by atoms with Gasteiger partial charge in [0.05, 0.1) is 11.4 Å². The second kappa shape index (κ2) is 9.79. The average molecular weight is 509 g/mol. The summed E-state index contributed by atoms with van der Waals surface area (Å²) in [6.07, 6.45) is -2.92. The topological polar surface area (TPSA) is 61.4 Å². The van der Waals surface area contributed by atoms with Gasteiger partial charge in [-0.15, -0.1) is 10.2 Å². The Hall–Kier alpha value is -2.86. The Balaban J connectivity index is 1.61. The van der Waals surface area contributed by atoms with Crippen LogP contribution in [0.2, 0.25) is 0 Å². The zero-order valence-corrected chi connectivity index (χ0v) is 20.3. The number of halogens is 4. The lowest BCUT2D eigenvalue weighted by Gasteiger charge is -2.14. The third kappa shape index (κ3) is 4.97. The number of hydrogen-bond acceptors (Lipinski definition) is 6. The van der Waals surface area contributed by atoms with Crippen molar-refractivity contribution in [1.82, 2.24) is 29.5 Å². The van der Waals surface area contributed by atoms with Crippen LogP contribution in [0.15, 0.2) is 46.7 Å². The van der Waals surface area contributed by atoms with Gasteiger partial charge in [-0.1, -0.05) is 33.7 Å². The van der Waals surface area contributed by atoms with Crippen LogP contribution in [0.3, 0.4) is 0 Å². The number of aryl methyl sites for hydroxylation is 4. The van der Waals surface area contributed by atoms with Crippen LogP contribution in [0, 0.1) is 27.7 Å². The van der Waals surface area contributed by atoms with E-state index in [1.54, 1.807) is 0 Å². The molecule has 0 bridgehead atoms. The predicted molar refractivity (Wildman–Crippen MR) is 123 cm³/mol. The Kier molecular flexibility index (Phi) is 6.99. The molecule has 0 aliphatic rings. The molecule has 34 heavy (non-hydrogen) atoms. The SMILES string of the molecule is Cc1cc(C)c(-n2cnc(C(F)F)n2)cc1SSc1cc(-n2cnc(C(F)F)n2)c(C)cc1C. The number of nitrogens with zero attached hydrogens (tertiary/aromatic N) is 6. The van der Waals surface area contributed by atoms with Crippen LogP contribution in [-0.2, 0) is 0 Å². The maximum atomic E-state index is 12.9. The van der Waals surface area contributed by atoms with Crippen LogP contribution in [0.25, 0.3) is 11.4 Å². The molecular weight excluding hydrogens is 488 g/mol. The van der Waals surface area contributed by atoms with E-state index in [4.69, 9.17) is 0 Å². The quantitative estimate of drug-likeness (QED) is 0.203.